The van der Waals surface area contributed by atoms with Crippen LogP contribution in [0.15, 0.2) is 4.99 Å². The van der Waals surface area contributed by atoms with E-state index in [2.05, 4.69) is 22.0 Å². The Bertz CT molecular complexity index is 412. The number of unbranched alkanes of at least 4 members (excludes halogenated alkanes) is 2. The molecule has 0 atom stereocenters. The van der Waals surface area contributed by atoms with Crippen LogP contribution in [0.25, 0.3) is 0 Å². The first kappa shape index (κ1) is 26.9. The number of ether oxygens (including phenoxy) is 2. The molecule has 2 rings (SSSR count). The van der Waals surface area contributed by atoms with E-state index in [1.165, 1.54) is 58.2 Å². The van der Waals surface area contributed by atoms with Crippen LogP contribution in [0.5, 0.6) is 0 Å². The van der Waals surface area contributed by atoms with Gasteiger partial charge in [-0.2, -0.15) is 0 Å². The van der Waals surface area contributed by atoms with Gasteiger partial charge in [0.2, 0.25) is 0 Å². The molecule has 2 heterocycles. The summed E-state index contributed by atoms with van der Waals surface area (Å²) in [6.07, 6.45) is 11.6. The van der Waals surface area contributed by atoms with Crippen LogP contribution in [-0.4, -0.2) is 88.0 Å². The first-order chi connectivity index (χ1) is 13.8. The lowest BCUT2D eigenvalue weighted by Crippen LogP contribution is -2.47. The number of piperidine rings is 2. The lowest BCUT2D eigenvalue weighted by molar-refractivity contribution is 0.00990. The summed E-state index contributed by atoms with van der Waals surface area (Å²) < 4.78 is 11.1. The zero-order valence-electron chi connectivity index (χ0n) is 18.9. The highest BCUT2D eigenvalue weighted by molar-refractivity contribution is 14.0. The number of guanidine groups is 1. The smallest absolute Gasteiger partial charge is 0.193 e. The van der Waals surface area contributed by atoms with E-state index in [0.29, 0.717) is 6.10 Å². The number of nitrogens with one attached hydrogen (secondary N) is 1. The van der Waals surface area contributed by atoms with E-state index in [1.807, 2.05) is 0 Å². The van der Waals surface area contributed by atoms with Crippen molar-refractivity contribution < 1.29 is 9.47 Å². The van der Waals surface area contributed by atoms with Crippen LogP contribution in [0.1, 0.15) is 64.7 Å². The Labute approximate surface area is 196 Å². The second kappa shape index (κ2) is 17.5. The molecule has 2 fully saturated rings. The van der Waals surface area contributed by atoms with Crippen LogP contribution in [-0.2, 0) is 9.47 Å². The van der Waals surface area contributed by atoms with Crippen LogP contribution in [0, 0.1) is 0 Å². The molecule has 0 aromatic heterocycles. The van der Waals surface area contributed by atoms with Gasteiger partial charge in [0.15, 0.2) is 5.96 Å². The predicted octanol–water partition coefficient (Wildman–Crippen LogP) is 3.74. The summed E-state index contributed by atoms with van der Waals surface area (Å²) in [6, 6.07) is 0. The minimum Gasteiger partial charge on any atom is -0.385 e. The number of nitrogens with zero attached hydrogens (tertiary/aromatic N) is 3. The van der Waals surface area contributed by atoms with Gasteiger partial charge in [0.25, 0.3) is 0 Å². The maximum atomic E-state index is 5.98. The molecule has 7 heteroatoms. The van der Waals surface area contributed by atoms with Gasteiger partial charge in [0.1, 0.15) is 0 Å². The van der Waals surface area contributed by atoms with Gasteiger partial charge in [0.05, 0.1) is 6.10 Å². The largest absolute Gasteiger partial charge is 0.385 e. The van der Waals surface area contributed by atoms with Crippen LogP contribution in [0.4, 0.5) is 0 Å². The van der Waals surface area contributed by atoms with Gasteiger partial charge in [-0.25, -0.2) is 0 Å². The molecule has 0 bridgehead atoms. The van der Waals surface area contributed by atoms with Gasteiger partial charge < -0.3 is 24.6 Å². The number of likely N-dealkylation sites (tertiary alicyclic amines) is 2. The van der Waals surface area contributed by atoms with Gasteiger partial charge >= 0.3 is 0 Å². The van der Waals surface area contributed by atoms with Crippen molar-refractivity contribution in [2.24, 2.45) is 4.99 Å². The van der Waals surface area contributed by atoms with Crippen molar-refractivity contribution in [1.82, 2.24) is 15.1 Å². The first-order valence-corrected chi connectivity index (χ1v) is 11.7. The van der Waals surface area contributed by atoms with E-state index in [0.717, 1.165) is 64.6 Å². The summed E-state index contributed by atoms with van der Waals surface area (Å²) >= 11 is 0. The molecule has 0 aliphatic carbocycles. The lowest BCUT2D eigenvalue weighted by Gasteiger charge is -2.34. The lowest BCUT2D eigenvalue weighted by atomic mass is 10.1. The number of rotatable bonds is 12. The molecule has 0 aromatic carbocycles. The highest BCUT2D eigenvalue weighted by atomic mass is 127. The SMILES string of the molecule is CCNC(=NCCCCCN1CCCCC1)N1CCC(OCCCOC)CC1.I. The molecule has 0 saturated carbocycles. The third kappa shape index (κ3) is 11.7. The average molecular weight is 525 g/mol. The maximum Gasteiger partial charge on any atom is 0.193 e. The zero-order valence-corrected chi connectivity index (χ0v) is 21.2. The van der Waals surface area contributed by atoms with Crippen molar-refractivity contribution in [2.45, 2.75) is 70.8 Å². The number of hydrogen-bond donors (Lipinski definition) is 1. The first-order valence-electron chi connectivity index (χ1n) is 11.7. The molecular weight excluding hydrogens is 479 g/mol. The second-order valence-corrected chi connectivity index (χ2v) is 8.10. The monoisotopic (exact) mass is 524 g/mol. The van der Waals surface area contributed by atoms with E-state index >= 15 is 0 Å². The fourth-order valence-electron chi connectivity index (χ4n) is 4.11. The average Bonchev–Trinajstić information content (AvgIpc) is 2.74. The Morgan fingerprint density at radius 3 is 2.41 bits per heavy atom. The molecule has 2 aliphatic rings. The molecule has 0 amide bonds. The summed E-state index contributed by atoms with van der Waals surface area (Å²) in [5.41, 5.74) is 0. The highest BCUT2D eigenvalue weighted by Gasteiger charge is 2.21. The predicted molar refractivity (Wildman–Crippen MR) is 133 cm³/mol. The number of halogens is 1. The van der Waals surface area contributed by atoms with Gasteiger partial charge in [-0.3, -0.25) is 4.99 Å². The molecular formula is C22H45IN4O2. The van der Waals surface area contributed by atoms with Crippen molar-refractivity contribution in [3.63, 3.8) is 0 Å². The fraction of sp³-hybridized carbons (Fsp3) is 0.955. The van der Waals surface area contributed by atoms with E-state index in [-0.39, 0.29) is 24.0 Å². The summed E-state index contributed by atoms with van der Waals surface area (Å²) in [5, 5.41) is 3.48. The third-order valence-electron chi connectivity index (χ3n) is 5.77. The molecule has 0 unspecified atom stereocenters. The molecule has 1 N–H and O–H groups in total. The van der Waals surface area contributed by atoms with E-state index in [1.54, 1.807) is 7.11 Å². The van der Waals surface area contributed by atoms with Gasteiger partial charge in [0, 0.05) is 46.5 Å². The van der Waals surface area contributed by atoms with Crippen LogP contribution in [0.3, 0.4) is 0 Å². The molecule has 29 heavy (non-hydrogen) atoms. The van der Waals surface area contributed by atoms with Crippen LogP contribution < -0.4 is 5.32 Å². The van der Waals surface area contributed by atoms with Crippen molar-refractivity contribution in [3.05, 3.63) is 0 Å². The zero-order chi connectivity index (χ0) is 19.9. The third-order valence-corrected chi connectivity index (χ3v) is 5.77. The number of aliphatic imine (C=N–C) groups is 1. The molecule has 6 nitrogen and oxygen atoms in total. The summed E-state index contributed by atoms with van der Waals surface area (Å²) in [5.74, 6) is 1.09. The number of methoxy groups -OCH3 is 1. The van der Waals surface area contributed by atoms with E-state index < -0.39 is 0 Å². The van der Waals surface area contributed by atoms with E-state index in [4.69, 9.17) is 14.5 Å². The van der Waals surface area contributed by atoms with Crippen molar-refractivity contribution >= 4 is 29.9 Å². The summed E-state index contributed by atoms with van der Waals surface area (Å²) in [6.45, 7) is 11.6. The standard InChI is InChI=1S/C22H44N4O2.HI/c1-3-23-22(24-13-6-4-7-14-25-15-8-5-9-16-25)26-17-11-21(12-18-26)28-20-10-19-27-2;/h21H,3-20H2,1-2H3,(H,23,24);1H. The van der Waals surface area contributed by atoms with E-state index in [9.17, 15) is 0 Å². The molecule has 0 aromatic rings. The van der Waals surface area contributed by atoms with Crippen LogP contribution >= 0.6 is 24.0 Å². The summed E-state index contributed by atoms with van der Waals surface area (Å²) in [7, 11) is 1.74. The normalized spacial score (nSPS) is 19.2. The molecule has 172 valence electrons. The number of hydrogen-bond acceptors (Lipinski definition) is 4. The molecule has 0 spiro atoms. The molecule has 2 saturated heterocycles. The quantitative estimate of drug-likeness (QED) is 0.183. The topological polar surface area (TPSA) is 49.3 Å². The van der Waals surface area contributed by atoms with Gasteiger partial charge in [-0.1, -0.05) is 12.8 Å². The Kier molecular flexibility index (Phi) is 16.3. The van der Waals surface area contributed by atoms with Gasteiger partial charge in [-0.05, 0) is 71.5 Å². The Morgan fingerprint density at radius 1 is 0.966 bits per heavy atom. The Balaban J connectivity index is 0.00000420. The molecule has 0 radical (unpaired) electrons. The highest BCUT2D eigenvalue weighted by Crippen LogP contribution is 2.14. The fourth-order valence-corrected chi connectivity index (χ4v) is 4.11. The second-order valence-electron chi connectivity index (χ2n) is 8.10. The van der Waals surface area contributed by atoms with Crippen LogP contribution in [0.2, 0.25) is 0 Å². The van der Waals surface area contributed by atoms with Crippen molar-refractivity contribution in [1.29, 1.82) is 0 Å². The Hall–Kier alpha value is -0.120. The maximum absolute atomic E-state index is 5.98. The van der Waals surface area contributed by atoms with Crippen molar-refractivity contribution in [2.75, 3.05) is 66.1 Å². The minimum atomic E-state index is 0. The minimum absolute atomic E-state index is 0. The Morgan fingerprint density at radius 2 is 1.72 bits per heavy atom. The molecule has 2 aliphatic heterocycles. The van der Waals surface area contributed by atoms with Crippen molar-refractivity contribution in [3.8, 4) is 0 Å². The van der Waals surface area contributed by atoms with Gasteiger partial charge in [-0.15, -0.1) is 24.0 Å². The summed E-state index contributed by atoms with van der Waals surface area (Å²) in [4.78, 5) is 9.94.